The lowest BCUT2D eigenvalue weighted by molar-refractivity contribution is 0.306. The molecule has 0 aliphatic heterocycles. The molecule has 0 saturated carbocycles. The molecular formula is C30H34N4O. The summed E-state index contributed by atoms with van der Waals surface area (Å²) in [6.45, 7) is 11.3. The minimum absolute atomic E-state index is 0.771. The van der Waals surface area contributed by atoms with Gasteiger partial charge in [0.05, 0.1) is 24.2 Å². The monoisotopic (exact) mass is 466 g/mol. The summed E-state index contributed by atoms with van der Waals surface area (Å²) >= 11 is 0. The van der Waals surface area contributed by atoms with Crippen LogP contribution in [0.3, 0.4) is 0 Å². The Bertz CT molecular complexity index is 1220. The first-order valence-corrected chi connectivity index (χ1v) is 12.3. The molecule has 0 spiro atoms. The van der Waals surface area contributed by atoms with Gasteiger partial charge in [0.25, 0.3) is 0 Å². The van der Waals surface area contributed by atoms with Gasteiger partial charge in [-0.1, -0.05) is 80.2 Å². The van der Waals surface area contributed by atoms with E-state index in [9.17, 15) is 0 Å². The highest BCUT2D eigenvalue weighted by Crippen LogP contribution is 2.24. The van der Waals surface area contributed by atoms with Gasteiger partial charge in [-0.2, -0.15) is 0 Å². The van der Waals surface area contributed by atoms with Crippen LogP contribution in [0.1, 0.15) is 36.4 Å². The van der Waals surface area contributed by atoms with Gasteiger partial charge < -0.3 is 9.64 Å². The molecule has 0 aliphatic carbocycles. The minimum Gasteiger partial charge on any atom is -0.497 e. The van der Waals surface area contributed by atoms with Gasteiger partial charge in [0.2, 0.25) is 0 Å². The van der Waals surface area contributed by atoms with Crippen LogP contribution in [0.4, 0.5) is 0 Å². The van der Waals surface area contributed by atoms with Gasteiger partial charge in [-0.25, -0.2) is 4.68 Å². The molecule has 0 fully saturated rings. The Morgan fingerprint density at radius 3 is 2.09 bits per heavy atom. The van der Waals surface area contributed by atoms with Gasteiger partial charge in [0.1, 0.15) is 5.75 Å². The molecule has 0 bridgehead atoms. The van der Waals surface area contributed by atoms with E-state index >= 15 is 0 Å². The lowest BCUT2D eigenvalue weighted by Crippen LogP contribution is -2.25. The second-order valence-corrected chi connectivity index (χ2v) is 8.57. The number of likely N-dealkylation sites (N-methyl/N-ethyl adjacent to an activating group) is 1. The normalized spacial score (nSPS) is 11.1. The molecule has 1 aromatic heterocycles. The maximum Gasteiger partial charge on any atom is 0.118 e. The Labute approximate surface area is 208 Å². The predicted octanol–water partition coefficient (Wildman–Crippen LogP) is 6.06. The molecule has 3 aromatic carbocycles. The number of ether oxygens (including phenoxy) is 1. The van der Waals surface area contributed by atoms with Crippen LogP contribution in [0.5, 0.6) is 5.75 Å². The standard InChI is InChI=1S/C30H34N4O/c1-5-23-10-16-27(17-11-23)34-30(29(31-32-34)20-21-33(6-2)7-3)22-24-8-12-25(13-9-24)26-14-18-28(35-4)19-15-26/h5,8-19H,1,6-7,20-22H2,2-4H3. The summed E-state index contributed by atoms with van der Waals surface area (Å²) in [6, 6.07) is 25.2. The van der Waals surface area contributed by atoms with E-state index in [2.05, 4.69) is 96.3 Å². The zero-order valence-electron chi connectivity index (χ0n) is 20.9. The summed E-state index contributed by atoms with van der Waals surface area (Å²) in [5.41, 5.74) is 7.90. The molecular weight excluding hydrogens is 432 g/mol. The van der Waals surface area contributed by atoms with Crippen LogP contribution in [0.2, 0.25) is 0 Å². The SMILES string of the molecule is C=Cc1ccc(-n2nnc(CCN(CC)CC)c2Cc2ccc(-c3ccc(OC)cc3)cc2)cc1. The van der Waals surface area contributed by atoms with Gasteiger partial charge in [0.15, 0.2) is 0 Å². The molecule has 35 heavy (non-hydrogen) atoms. The maximum atomic E-state index is 5.28. The van der Waals surface area contributed by atoms with Crippen molar-refractivity contribution in [3.8, 4) is 22.6 Å². The molecule has 180 valence electrons. The van der Waals surface area contributed by atoms with Crippen molar-refractivity contribution >= 4 is 6.08 Å². The molecule has 5 heteroatoms. The summed E-state index contributed by atoms with van der Waals surface area (Å²) in [5.74, 6) is 0.865. The first-order chi connectivity index (χ1) is 17.1. The average Bonchev–Trinajstić information content (AvgIpc) is 3.32. The number of rotatable bonds is 11. The van der Waals surface area contributed by atoms with Gasteiger partial charge in [0, 0.05) is 19.4 Å². The van der Waals surface area contributed by atoms with Gasteiger partial charge in [-0.05, 0) is 59.6 Å². The third-order valence-electron chi connectivity index (χ3n) is 6.53. The average molecular weight is 467 g/mol. The molecule has 0 unspecified atom stereocenters. The highest BCUT2D eigenvalue weighted by molar-refractivity contribution is 5.64. The fraction of sp³-hybridized carbons (Fsp3) is 0.267. The van der Waals surface area contributed by atoms with Crippen molar-refractivity contribution in [2.45, 2.75) is 26.7 Å². The molecule has 0 saturated heterocycles. The first-order valence-electron chi connectivity index (χ1n) is 12.3. The van der Waals surface area contributed by atoms with E-state index in [-0.39, 0.29) is 0 Å². The Morgan fingerprint density at radius 2 is 1.51 bits per heavy atom. The number of benzene rings is 3. The van der Waals surface area contributed by atoms with Crippen LogP contribution in [-0.4, -0.2) is 46.6 Å². The van der Waals surface area contributed by atoms with Crippen molar-refractivity contribution < 1.29 is 4.74 Å². The van der Waals surface area contributed by atoms with Gasteiger partial charge in [-0.15, -0.1) is 5.10 Å². The lowest BCUT2D eigenvalue weighted by atomic mass is 10.0. The van der Waals surface area contributed by atoms with Crippen molar-refractivity contribution in [3.63, 3.8) is 0 Å². The largest absolute Gasteiger partial charge is 0.497 e. The smallest absolute Gasteiger partial charge is 0.118 e. The lowest BCUT2D eigenvalue weighted by Gasteiger charge is -2.17. The Kier molecular flexibility index (Phi) is 8.11. The molecule has 0 N–H and O–H groups in total. The van der Waals surface area contributed by atoms with E-state index in [1.807, 2.05) is 22.9 Å². The molecule has 0 radical (unpaired) electrons. The zero-order valence-corrected chi connectivity index (χ0v) is 20.9. The fourth-order valence-electron chi connectivity index (χ4n) is 4.26. The molecule has 1 heterocycles. The van der Waals surface area contributed by atoms with E-state index < -0.39 is 0 Å². The molecule has 4 rings (SSSR count). The second kappa shape index (κ2) is 11.6. The predicted molar refractivity (Wildman–Crippen MR) is 144 cm³/mol. The van der Waals surface area contributed by atoms with Crippen molar-refractivity contribution in [2.75, 3.05) is 26.7 Å². The van der Waals surface area contributed by atoms with E-state index in [0.717, 1.165) is 60.9 Å². The first kappa shape index (κ1) is 24.4. The minimum atomic E-state index is 0.771. The molecule has 5 nitrogen and oxygen atoms in total. The zero-order chi connectivity index (χ0) is 24.6. The summed E-state index contributed by atoms with van der Waals surface area (Å²) in [6.07, 6.45) is 3.50. The van der Waals surface area contributed by atoms with Gasteiger partial charge in [-0.3, -0.25) is 0 Å². The number of hydrogen-bond donors (Lipinski definition) is 0. The third kappa shape index (κ3) is 5.87. The number of aromatic nitrogens is 3. The number of methoxy groups -OCH3 is 1. The summed E-state index contributed by atoms with van der Waals surface area (Å²) in [4.78, 5) is 2.42. The Morgan fingerprint density at radius 1 is 0.886 bits per heavy atom. The van der Waals surface area contributed by atoms with Crippen molar-refractivity contribution in [1.82, 2.24) is 19.9 Å². The molecule has 0 amide bonds. The van der Waals surface area contributed by atoms with Crippen LogP contribution in [0.25, 0.3) is 22.9 Å². The Hall–Kier alpha value is -3.70. The van der Waals surface area contributed by atoms with E-state index in [1.54, 1.807) is 7.11 Å². The highest BCUT2D eigenvalue weighted by Gasteiger charge is 2.16. The molecule has 0 atom stereocenters. The molecule has 0 aliphatic rings. The maximum absolute atomic E-state index is 5.28. The summed E-state index contributed by atoms with van der Waals surface area (Å²) in [7, 11) is 1.69. The van der Waals surface area contributed by atoms with Crippen LogP contribution < -0.4 is 4.74 Å². The Balaban J connectivity index is 1.61. The second-order valence-electron chi connectivity index (χ2n) is 8.57. The number of nitrogens with zero attached hydrogens (tertiary/aromatic N) is 4. The van der Waals surface area contributed by atoms with E-state index in [4.69, 9.17) is 4.74 Å². The van der Waals surface area contributed by atoms with Crippen molar-refractivity contribution in [2.24, 2.45) is 0 Å². The number of hydrogen-bond acceptors (Lipinski definition) is 4. The quantitative estimate of drug-likeness (QED) is 0.269. The van der Waals surface area contributed by atoms with Crippen molar-refractivity contribution in [1.29, 1.82) is 0 Å². The van der Waals surface area contributed by atoms with Crippen molar-refractivity contribution in [3.05, 3.63) is 102 Å². The topological polar surface area (TPSA) is 43.2 Å². The van der Waals surface area contributed by atoms with Crippen LogP contribution in [0.15, 0.2) is 79.4 Å². The third-order valence-corrected chi connectivity index (χ3v) is 6.53. The summed E-state index contributed by atoms with van der Waals surface area (Å²) < 4.78 is 7.27. The van der Waals surface area contributed by atoms with Crippen LogP contribution in [0, 0.1) is 0 Å². The van der Waals surface area contributed by atoms with Crippen LogP contribution >= 0.6 is 0 Å². The van der Waals surface area contributed by atoms with E-state index in [1.165, 1.54) is 16.7 Å². The molecule has 4 aromatic rings. The highest BCUT2D eigenvalue weighted by atomic mass is 16.5. The van der Waals surface area contributed by atoms with E-state index in [0.29, 0.717) is 0 Å². The fourth-order valence-corrected chi connectivity index (χ4v) is 4.26. The van der Waals surface area contributed by atoms with Gasteiger partial charge >= 0.3 is 0 Å². The van der Waals surface area contributed by atoms with Crippen LogP contribution in [-0.2, 0) is 12.8 Å². The summed E-state index contributed by atoms with van der Waals surface area (Å²) in [5, 5.41) is 9.17.